The van der Waals surface area contributed by atoms with E-state index in [2.05, 4.69) is 55.2 Å². The van der Waals surface area contributed by atoms with Crippen molar-refractivity contribution in [3.63, 3.8) is 0 Å². The van der Waals surface area contributed by atoms with Gasteiger partial charge in [-0.3, -0.25) is 9.88 Å². The highest BCUT2D eigenvalue weighted by atomic mass is 15.1. The minimum atomic E-state index is 0.405. The first-order valence-corrected chi connectivity index (χ1v) is 8.36. The second-order valence-electron chi connectivity index (χ2n) is 7.06. The highest BCUT2D eigenvalue weighted by Crippen LogP contribution is 2.39. The van der Waals surface area contributed by atoms with Crippen molar-refractivity contribution in [3.05, 3.63) is 30.1 Å². The molecule has 1 aliphatic rings. The third-order valence-electron chi connectivity index (χ3n) is 5.07. The summed E-state index contributed by atoms with van der Waals surface area (Å²) in [7, 11) is 2.12. The van der Waals surface area contributed by atoms with Gasteiger partial charge < -0.3 is 5.32 Å². The number of pyridine rings is 1. The highest BCUT2D eigenvalue weighted by Gasteiger charge is 2.38. The average Bonchev–Trinajstić information content (AvgIpc) is 2.47. The van der Waals surface area contributed by atoms with Crippen LogP contribution in [-0.4, -0.2) is 36.1 Å². The minimum Gasteiger partial charge on any atom is -0.316 e. The molecule has 1 heterocycles. The van der Waals surface area contributed by atoms with E-state index in [1.54, 1.807) is 0 Å². The maximum atomic E-state index is 4.47. The quantitative estimate of drug-likeness (QED) is 0.871. The van der Waals surface area contributed by atoms with Crippen LogP contribution < -0.4 is 5.32 Å². The third kappa shape index (κ3) is 4.27. The molecule has 2 rings (SSSR count). The van der Waals surface area contributed by atoms with Gasteiger partial charge in [0.15, 0.2) is 0 Å². The van der Waals surface area contributed by atoms with Crippen LogP contribution in [0.4, 0.5) is 0 Å². The molecule has 0 aromatic carbocycles. The smallest absolute Gasteiger partial charge is 0.0543 e. The summed E-state index contributed by atoms with van der Waals surface area (Å²) in [6.07, 6.45) is 5.93. The molecule has 0 radical (unpaired) electrons. The van der Waals surface area contributed by atoms with Gasteiger partial charge in [0.1, 0.15) is 0 Å². The highest BCUT2D eigenvalue weighted by molar-refractivity contribution is 5.03. The lowest BCUT2D eigenvalue weighted by atomic mass is 9.68. The number of nitrogens with zero attached hydrogens (tertiary/aromatic N) is 2. The van der Waals surface area contributed by atoms with Crippen LogP contribution in [0.3, 0.4) is 0 Å². The molecule has 1 aromatic heterocycles. The van der Waals surface area contributed by atoms with E-state index in [1.165, 1.54) is 31.5 Å². The molecule has 0 amide bonds. The molecule has 1 aliphatic carbocycles. The van der Waals surface area contributed by atoms with Crippen LogP contribution in [-0.2, 0) is 6.54 Å². The van der Waals surface area contributed by atoms with E-state index in [9.17, 15) is 0 Å². The Bertz CT molecular complexity index is 416. The molecule has 1 N–H and O–H groups in total. The summed E-state index contributed by atoms with van der Waals surface area (Å²) in [6, 6.07) is 6.81. The third-order valence-corrected chi connectivity index (χ3v) is 5.07. The van der Waals surface area contributed by atoms with Crippen molar-refractivity contribution in [2.24, 2.45) is 11.3 Å². The fourth-order valence-corrected chi connectivity index (χ4v) is 3.96. The lowest BCUT2D eigenvalue weighted by Gasteiger charge is -2.45. The van der Waals surface area contributed by atoms with E-state index in [-0.39, 0.29) is 0 Å². The molecule has 3 heteroatoms. The summed E-state index contributed by atoms with van der Waals surface area (Å²) in [5.74, 6) is 0.738. The maximum absolute atomic E-state index is 4.47. The molecule has 3 nitrogen and oxygen atoms in total. The zero-order valence-electron chi connectivity index (χ0n) is 14.1. The lowest BCUT2D eigenvalue weighted by molar-refractivity contribution is 0.0824. The van der Waals surface area contributed by atoms with Crippen LogP contribution in [0.1, 0.15) is 45.7 Å². The van der Waals surface area contributed by atoms with Crippen LogP contribution in [0.5, 0.6) is 0 Å². The summed E-state index contributed by atoms with van der Waals surface area (Å²) in [5.41, 5.74) is 1.58. The molecule has 0 saturated heterocycles. The standard InChI is InChI=1S/C18H31N3/c1-5-21(14-16-10-6-7-12-20-16)13-15-9-8-11-18(2,3)17(15)19-4/h6-7,10,12,15,17,19H,5,8-9,11,13-14H2,1-4H3. The Kier molecular flexibility index (Phi) is 5.77. The summed E-state index contributed by atoms with van der Waals surface area (Å²) < 4.78 is 0. The Morgan fingerprint density at radius 2 is 2.19 bits per heavy atom. The van der Waals surface area contributed by atoms with Crippen molar-refractivity contribution >= 4 is 0 Å². The summed E-state index contributed by atoms with van der Waals surface area (Å²) in [6.45, 7) is 10.3. The largest absolute Gasteiger partial charge is 0.316 e. The van der Waals surface area contributed by atoms with Gasteiger partial charge >= 0.3 is 0 Å². The van der Waals surface area contributed by atoms with Gasteiger partial charge in [-0.05, 0) is 49.9 Å². The number of hydrogen-bond acceptors (Lipinski definition) is 3. The zero-order chi connectivity index (χ0) is 15.3. The van der Waals surface area contributed by atoms with E-state index >= 15 is 0 Å². The van der Waals surface area contributed by atoms with Gasteiger partial charge in [0.2, 0.25) is 0 Å². The van der Waals surface area contributed by atoms with Gasteiger partial charge in [0, 0.05) is 25.3 Å². The zero-order valence-corrected chi connectivity index (χ0v) is 14.1. The normalized spacial score (nSPS) is 25.2. The summed E-state index contributed by atoms with van der Waals surface area (Å²) >= 11 is 0. The molecule has 1 aromatic rings. The van der Waals surface area contributed by atoms with Gasteiger partial charge in [-0.1, -0.05) is 33.3 Å². The Morgan fingerprint density at radius 3 is 2.81 bits per heavy atom. The van der Waals surface area contributed by atoms with Crippen LogP contribution >= 0.6 is 0 Å². The first-order valence-electron chi connectivity index (χ1n) is 8.36. The van der Waals surface area contributed by atoms with Gasteiger partial charge in [0.25, 0.3) is 0 Å². The number of hydrogen-bond donors (Lipinski definition) is 1. The monoisotopic (exact) mass is 289 g/mol. The maximum Gasteiger partial charge on any atom is 0.0543 e. The van der Waals surface area contributed by atoms with Gasteiger partial charge in [0.05, 0.1) is 5.69 Å². The van der Waals surface area contributed by atoms with Crippen molar-refractivity contribution < 1.29 is 0 Å². The first kappa shape index (κ1) is 16.4. The minimum absolute atomic E-state index is 0.405. The Hall–Kier alpha value is -0.930. The van der Waals surface area contributed by atoms with Crippen molar-refractivity contribution in [1.29, 1.82) is 0 Å². The van der Waals surface area contributed by atoms with Gasteiger partial charge in [-0.15, -0.1) is 0 Å². The summed E-state index contributed by atoms with van der Waals surface area (Å²) in [4.78, 5) is 7.01. The molecule has 0 aliphatic heterocycles. The summed E-state index contributed by atoms with van der Waals surface area (Å²) in [5, 5.41) is 3.60. The molecule has 21 heavy (non-hydrogen) atoms. The fourth-order valence-electron chi connectivity index (χ4n) is 3.96. The molecule has 1 fully saturated rings. The van der Waals surface area contributed by atoms with E-state index in [0.717, 1.165) is 19.0 Å². The van der Waals surface area contributed by atoms with Crippen molar-refractivity contribution in [3.8, 4) is 0 Å². The fraction of sp³-hybridized carbons (Fsp3) is 0.722. The Balaban J connectivity index is 2.00. The molecular formula is C18H31N3. The number of nitrogens with one attached hydrogen (secondary N) is 1. The van der Waals surface area contributed by atoms with E-state index in [4.69, 9.17) is 0 Å². The Morgan fingerprint density at radius 1 is 1.38 bits per heavy atom. The number of aromatic nitrogens is 1. The SMILES string of the molecule is CCN(Cc1ccccn1)CC1CCCC(C)(C)C1NC. The van der Waals surface area contributed by atoms with E-state index in [0.29, 0.717) is 11.5 Å². The topological polar surface area (TPSA) is 28.2 Å². The molecule has 2 unspecified atom stereocenters. The number of rotatable bonds is 6. The van der Waals surface area contributed by atoms with E-state index < -0.39 is 0 Å². The average molecular weight is 289 g/mol. The van der Waals surface area contributed by atoms with Crippen LogP contribution in [0.15, 0.2) is 24.4 Å². The molecule has 118 valence electrons. The molecule has 0 spiro atoms. The predicted octanol–water partition coefficient (Wildman–Crippen LogP) is 3.32. The first-order chi connectivity index (χ1) is 10.1. The second kappa shape index (κ2) is 7.37. The molecule has 1 saturated carbocycles. The van der Waals surface area contributed by atoms with Crippen LogP contribution in [0.2, 0.25) is 0 Å². The van der Waals surface area contributed by atoms with Gasteiger partial charge in [-0.25, -0.2) is 0 Å². The lowest BCUT2D eigenvalue weighted by Crippen LogP contribution is -2.51. The van der Waals surface area contributed by atoms with Crippen LogP contribution in [0, 0.1) is 11.3 Å². The van der Waals surface area contributed by atoms with E-state index in [1.807, 2.05) is 12.3 Å². The van der Waals surface area contributed by atoms with Crippen molar-refractivity contribution in [2.75, 3.05) is 20.1 Å². The van der Waals surface area contributed by atoms with Crippen molar-refractivity contribution in [2.45, 2.75) is 52.6 Å². The van der Waals surface area contributed by atoms with Crippen molar-refractivity contribution in [1.82, 2.24) is 15.2 Å². The Labute approximate surface area is 130 Å². The molecule has 2 atom stereocenters. The predicted molar refractivity (Wildman–Crippen MR) is 89.2 cm³/mol. The van der Waals surface area contributed by atoms with Crippen LogP contribution in [0.25, 0.3) is 0 Å². The molecular weight excluding hydrogens is 258 g/mol. The second-order valence-corrected chi connectivity index (χ2v) is 7.06. The molecule has 0 bridgehead atoms. The van der Waals surface area contributed by atoms with Gasteiger partial charge in [-0.2, -0.15) is 0 Å².